The standard InChI is InChI=1S/C32H38O3/c1-31(2,3)29-24(25(33)19-17-22-13-9-7-10-14-22)21-27(35)28(30(29)32(4,5)6)26(34)20-18-23-15-11-8-12-16-23/h7-16,21,35H,17-20H2,1-6H3. The van der Waals surface area contributed by atoms with Crippen LogP contribution in [-0.4, -0.2) is 16.7 Å². The number of carbonyl (C=O) groups is 2. The van der Waals surface area contributed by atoms with Gasteiger partial charge in [-0.05, 0) is 52.0 Å². The topological polar surface area (TPSA) is 54.4 Å². The van der Waals surface area contributed by atoms with Gasteiger partial charge in [0.2, 0.25) is 0 Å². The lowest BCUT2D eigenvalue weighted by molar-refractivity contribution is 0.0965. The highest BCUT2D eigenvalue weighted by Gasteiger charge is 2.35. The van der Waals surface area contributed by atoms with E-state index in [-0.39, 0.29) is 22.7 Å². The van der Waals surface area contributed by atoms with Gasteiger partial charge < -0.3 is 5.11 Å². The summed E-state index contributed by atoms with van der Waals surface area (Å²) in [5, 5.41) is 11.2. The van der Waals surface area contributed by atoms with E-state index in [4.69, 9.17) is 0 Å². The zero-order valence-electron chi connectivity index (χ0n) is 21.9. The molecule has 0 bridgehead atoms. The number of ketones is 2. The predicted octanol–water partition coefficient (Wildman–Crippen LogP) is 7.62. The Labute approximate surface area is 210 Å². The molecule has 0 spiro atoms. The van der Waals surface area contributed by atoms with Crippen LogP contribution in [0.15, 0.2) is 66.7 Å². The van der Waals surface area contributed by atoms with E-state index in [0.29, 0.717) is 36.8 Å². The first-order valence-corrected chi connectivity index (χ1v) is 12.4. The fourth-order valence-corrected chi connectivity index (χ4v) is 4.76. The van der Waals surface area contributed by atoms with Crippen LogP contribution in [0.25, 0.3) is 0 Å². The summed E-state index contributed by atoms with van der Waals surface area (Å²) < 4.78 is 0. The van der Waals surface area contributed by atoms with Gasteiger partial charge in [0, 0.05) is 18.4 Å². The van der Waals surface area contributed by atoms with E-state index >= 15 is 0 Å². The normalized spacial score (nSPS) is 11.9. The molecule has 35 heavy (non-hydrogen) atoms. The average Bonchev–Trinajstić information content (AvgIpc) is 2.80. The van der Waals surface area contributed by atoms with Crippen molar-refractivity contribution in [1.29, 1.82) is 0 Å². The van der Waals surface area contributed by atoms with E-state index in [9.17, 15) is 14.7 Å². The van der Waals surface area contributed by atoms with Gasteiger partial charge in [0.15, 0.2) is 11.6 Å². The Morgan fingerprint density at radius 1 is 0.657 bits per heavy atom. The highest BCUT2D eigenvalue weighted by atomic mass is 16.3. The van der Waals surface area contributed by atoms with Gasteiger partial charge in [-0.15, -0.1) is 0 Å². The highest BCUT2D eigenvalue weighted by molar-refractivity contribution is 6.05. The van der Waals surface area contributed by atoms with Crippen molar-refractivity contribution in [2.45, 2.75) is 78.1 Å². The number of phenolic OH excluding ortho intramolecular Hbond substituents is 1. The number of benzene rings is 3. The first kappa shape index (κ1) is 26.4. The fraction of sp³-hybridized carbons (Fsp3) is 0.375. The second-order valence-corrected chi connectivity index (χ2v) is 11.4. The van der Waals surface area contributed by atoms with E-state index < -0.39 is 5.41 Å². The summed E-state index contributed by atoms with van der Waals surface area (Å²) in [5.41, 5.74) is 3.90. The lowest BCUT2D eigenvalue weighted by Crippen LogP contribution is -2.28. The first-order valence-electron chi connectivity index (χ1n) is 12.4. The molecule has 3 aromatic rings. The van der Waals surface area contributed by atoms with E-state index in [0.717, 1.165) is 22.3 Å². The van der Waals surface area contributed by atoms with Crippen LogP contribution in [0.5, 0.6) is 5.75 Å². The summed E-state index contributed by atoms with van der Waals surface area (Å²) in [5.74, 6) is -0.197. The summed E-state index contributed by atoms with van der Waals surface area (Å²) in [4.78, 5) is 27.0. The van der Waals surface area contributed by atoms with Crippen molar-refractivity contribution in [3.63, 3.8) is 0 Å². The SMILES string of the molecule is CC(C)(C)c1c(C(=O)CCc2ccccc2)cc(O)c(C(=O)CCc2ccccc2)c1C(C)(C)C. The number of Topliss-reactive ketones (excluding diaryl/α,β-unsaturated/α-hetero) is 2. The quantitative estimate of drug-likeness (QED) is 0.345. The minimum absolute atomic E-state index is 0.0112. The Bertz CT molecular complexity index is 1180. The Hall–Kier alpha value is -3.20. The Morgan fingerprint density at radius 2 is 1.09 bits per heavy atom. The van der Waals surface area contributed by atoms with Gasteiger partial charge in [-0.2, -0.15) is 0 Å². The van der Waals surface area contributed by atoms with Crippen LogP contribution in [0.4, 0.5) is 0 Å². The fourth-order valence-electron chi connectivity index (χ4n) is 4.76. The van der Waals surface area contributed by atoms with Crippen LogP contribution in [0.3, 0.4) is 0 Å². The van der Waals surface area contributed by atoms with Crippen molar-refractivity contribution in [3.8, 4) is 5.75 Å². The number of carbonyl (C=O) groups excluding carboxylic acids is 2. The second kappa shape index (κ2) is 10.6. The van der Waals surface area contributed by atoms with Crippen molar-refractivity contribution in [1.82, 2.24) is 0 Å². The number of rotatable bonds is 8. The van der Waals surface area contributed by atoms with Gasteiger partial charge in [-0.1, -0.05) is 102 Å². The molecule has 3 rings (SSSR count). The molecule has 3 aromatic carbocycles. The molecule has 0 fully saturated rings. The summed E-state index contributed by atoms with van der Waals surface area (Å²) in [6.07, 6.45) is 1.88. The van der Waals surface area contributed by atoms with Gasteiger partial charge in [0.1, 0.15) is 5.75 Å². The second-order valence-electron chi connectivity index (χ2n) is 11.4. The lowest BCUT2D eigenvalue weighted by atomic mass is 9.69. The van der Waals surface area contributed by atoms with E-state index in [2.05, 4.69) is 20.8 Å². The monoisotopic (exact) mass is 470 g/mol. The zero-order valence-corrected chi connectivity index (χ0v) is 21.9. The number of aromatic hydroxyl groups is 1. The van der Waals surface area contributed by atoms with Gasteiger partial charge >= 0.3 is 0 Å². The molecule has 0 aliphatic heterocycles. The molecule has 0 aliphatic rings. The molecule has 0 radical (unpaired) electrons. The molecule has 0 heterocycles. The summed E-state index contributed by atoms with van der Waals surface area (Å²) in [6, 6.07) is 21.4. The molecule has 0 aromatic heterocycles. The van der Waals surface area contributed by atoms with Gasteiger partial charge in [-0.25, -0.2) is 0 Å². The maximum atomic E-state index is 13.5. The number of aryl methyl sites for hydroxylation is 2. The van der Waals surface area contributed by atoms with Crippen LogP contribution in [-0.2, 0) is 23.7 Å². The van der Waals surface area contributed by atoms with Gasteiger partial charge in [-0.3, -0.25) is 9.59 Å². The molecule has 0 saturated heterocycles. The molecule has 0 atom stereocenters. The average molecular weight is 471 g/mol. The van der Waals surface area contributed by atoms with E-state index in [1.165, 1.54) is 0 Å². The van der Waals surface area contributed by atoms with Gasteiger partial charge in [0.25, 0.3) is 0 Å². The highest BCUT2D eigenvalue weighted by Crippen LogP contribution is 2.43. The smallest absolute Gasteiger partial charge is 0.167 e. The minimum atomic E-state index is -0.437. The minimum Gasteiger partial charge on any atom is -0.507 e. The van der Waals surface area contributed by atoms with E-state index in [1.807, 2.05) is 81.4 Å². The van der Waals surface area contributed by atoms with Crippen LogP contribution >= 0.6 is 0 Å². The molecule has 0 saturated carbocycles. The summed E-state index contributed by atoms with van der Waals surface area (Å²) >= 11 is 0. The number of hydrogen-bond acceptors (Lipinski definition) is 3. The lowest BCUT2D eigenvalue weighted by Gasteiger charge is -2.34. The zero-order chi connectivity index (χ0) is 25.8. The number of hydrogen-bond donors (Lipinski definition) is 1. The van der Waals surface area contributed by atoms with Gasteiger partial charge in [0.05, 0.1) is 5.56 Å². The molecule has 0 unspecified atom stereocenters. The third-order valence-electron chi connectivity index (χ3n) is 6.35. The van der Waals surface area contributed by atoms with Crippen LogP contribution in [0.1, 0.15) is 97.4 Å². The third-order valence-corrected chi connectivity index (χ3v) is 6.35. The van der Waals surface area contributed by atoms with Crippen LogP contribution in [0.2, 0.25) is 0 Å². The molecular weight excluding hydrogens is 432 g/mol. The molecule has 3 heteroatoms. The molecular formula is C32H38O3. The maximum Gasteiger partial charge on any atom is 0.167 e. The predicted molar refractivity (Wildman–Crippen MR) is 144 cm³/mol. The summed E-state index contributed by atoms with van der Waals surface area (Å²) in [7, 11) is 0. The Balaban J connectivity index is 2.06. The molecule has 0 amide bonds. The van der Waals surface area contributed by atoms with Crippen molar-refractivity contribution < 1.29 is 14.7 Å². The van der Waals surface area contributed by atoms with Crippen LogP contribution < -0.4 is 0 Å². The van der Waals surface area contributed by atoms with Crippen molar-refractivity contribution in [2.75, 3.05) is 0 Å². The number of phenols is 1. The molecule has 184 valence electrons. The largest absolute Gasteiger partial charge is 0.507 e. The Kier molecular flexibility index (Phi) is 8.00. The molecule has 0 aliphatic carbocycles. The van der Waals surface area contributed by atoms with Crippen molar-refractivity contribution >= 4 is 11.6 Å². The van der Waals surface area contributed by atoms with Crippen molar-refractivity contribution in [2.24, 2.45) is 0 Å². The third kappa shape index (κ3) is 6.48. The molecule has 3 nitrogen and oxygen atoms in total. The Morgan fingerprint density at radius 3 is 1.51 bits per heavy atom. The first-order chi connectivity index (χ1) is 16.4. The van der Waals surface area contributed by atoms with Crippen molar-refractivity contribution in [3.05, 3.63) is 100 Å². The van der Waals surface area contributed by atoms with Crippen LogP contribution in [0, 0.1) is 0 Å². The molecule has 1 N–H and O–H groups in total. The maximum absolute atomic E-state index is 13.5. The summed E-state index contributed by atoms with van der Waals surface area (Å²) in [6.45, 7) is 12.3. The van der Waals surface area contributed by atoms with E-state index in [1.54, 1.807) is 6.07 Å².